The van der Waals surface area contributed by atoms with E-state index >= 15 is 0 Å². The number of hydrogen-bond acceptors (Lipinski definition) is 5. The fourth-order valence-electron chi connectivity index (χ4n) is 1.73. The van der Waals surface area contributed by atoms with Crippen LogP contribution in [0.3, 0.4) is 0 Å². The van der Waals surface area contributed by atoms with Crippen molar-refractivity contribution in [2.75, 3.05) is 5.73 Å². The van der Waals surface area contributed by atoms with Crippen molar-refractivity contribution in [2.45, 2.75) is 20.5 Å². The maximum atomic E-state index is 5.75. The number of aryl methyl sites for hydroxylation is 3. The molecule has 0 atom stereocenters. The van der Waals surface area contributed by atoms with Crippen LogP contribution in [0.4, 0.5) is 5.69 Å². The molecule has 0 bridgehead atoms. The zero-order valence-electron chi connectivity index (χ0n) is 10.1. The first-order valence-electron chi connectivity index (χ1n) is 5.28. The number of nitrogen functional groups attached to an aromatic ring is 1. The van der Waals surface area contributed by atoms with Crippen LogP contribution in [0.2, 0.25) is 0 Å². The third kappa shape index (κ3) is 2.52. The van der Waals surface area contributed by atoms with Crippen molar-refractivity contribution in [3.63, 3.8) is 0 Å². The van der Waals surface area contributed by atoms with E-state index in [0.29, 0.717) is 12.4 Å². The first kappa shape index (κ1) is 11.4. The molecule has 6 heteroatoms. The summed E-state index contributed by atoms with van der Waals surface area (Å²) in [6, 6.07) is 3.76. The average molecular weight is 233 g/mol. The largest absolute Gasteiger partial charge is 0.485 e. The Balaban J connectivity index is 2.14. The van der Waals surface area contributed by atoms with Gasteiger partial charge in [-0.15, -0.1) is 10.2 Å². The Bertz CT molecular complexity index is 511. The second kappa shape index (κ2) is 4.40. The predicted molar refractivity (Wildman–Crippen MR) is 63.5 cm³/mol. The number of nitrogens with zero attached hydrogens (tertiary/aromatic N) is 4. The van der Waals surface area contributed by atoms with E-state index in [2.05, 4.69) is 15.4 Å². The highest BCUT2D eigenvalue weighted by Crippen LogP contribution is 2.26. The van der Waals surface area contributed by atoms with Gasteiger partial charge in [0, 0.05) is 5.69 Å². The van der Waals surface area contributed by atoms with Gasteiger partial charge < -0.3 is 10.5 Å². The summed E-state index contributed by atoms with van der Waals surface area (Å²) >= 11 is 0. The molecule has 0 unspecified atom stereocenters. The smallest absolute Gasteiger partial charge is 0.212 e. The molecule has 0 aliphatic rings. The van der Waals surface area contributed by atoms with E-state index in [9.17, 15) is 0 Å². The van der Waals surface area contributed by atoms with Crippen LogP contribution in [-0.2, 0) is 13.7 Å². The Morgan fingerprint density at radius 1 is 1.29 bits per heavy atom. The van der Waals surface area contributed by atoms with Gasteiger partial charge in [0.1, 0.15) is 5.75 Å². The van der Waals surface area contributed by atoms with E-state index in [1.54, 1.807) is 7.05 Å². The molecule has 2 N–H and O–H groups in total. The summed E-state index contributed by atoms with van der Waals surface area (Å²) in [5.74, 6) is 1.38. The highest BCUT2D eigenvalue weighted by atomic mass is 16.5. The number of ether oxygens (including phenoxy) is 1. The van der Waals surface area contributed by atoms with E-state index < -0.39 is 0 Å². The van der Waals surface area contributed by atoms with Crippen molar-refractivity contribution in [1.29, 1.82) is 0 Å². The minimum absolute atomic E-state index is 0.305. The van der Waals surface area contributed by atoms with Gasteiger partial charge in [-0.3, -0.25) is 0 Å². The number of hydrogen-bond donors (Lipinski definition) is 1. The van der Waals surface area contributed by atoms with Crippen molar-refractivity contribution in [3.05, 3.63) is 29.1 Å². The summed E-state index contributed by atoms with van der Waals surface area (Å²) in [6.07, 6.45) is 0. The van der Waals surface area contributed by atoms with E-state index in [1.165, 1.54) is 4.80 Å². The van der Waals surface area contributed by atoms with Gasteiger partial charge in [-0.25, -0.2) is 0 Å². The number of benzene rings is 1. The second-order valence-corrected chi connectivity index (χ2v) is 3.97. The van der Waals surface area contributed by atoms with Crippen LogP contribution in [0, 0.1) is 13.8 Å². The molecule has 1 heterocycles. The van der Waals surface area contributed by atoms with E-state index in [0.717, 1.165) is 22.6 Å². The van der Waals surface area contributed by atoms with Gasteiger partial charge in [-0.2, -0.15) is 4.80 Å². The monoisotopic (exact) mass is 233 g/mol. The molecule has 1 aromatic carbocycles. The maximum Gasteiger partial charge on any atom is 0.212 e. The Kier molecular flexibility index (Phi) is 2.95. The lowest BCUT2D eigenvalue weighted by Crippen LogP contribution is -2.02. The minimum atomic E-state index is 0.305. The van der Waals surface area contributed by atoms with Crippen molar-refractivity contribution >= 4 is 5.69 Å². The van der Waals surface area contributed by atoms with E-state index in [4.69, 9.17) is 10.5 Å². The first-order valence-corrected chi connectivity index (χ1v) is 5.28. The third-order valence-corrected chi connectivity index (χ3v) is 2.38. The molecule has 2 aromatic rings. The highest BCUT2D eigenvalue weighted by molar-refractivity contribution is 5.52. The summed E-state index contributed by atoms with van der Waals surface area (Å²) in [5, 5.41) is 11.7. The Hall–Kier alpha value is -2.11. The number of anilines is 1. The third-order valence-electron chi connectivity index (χ3n) is 2.38. The van der Waals surface area contributed by atoms with Crippen molar-refractivity contribution in [3.8, 4) is 5.75 Å². The van der Waals surface area contributed by atoms with Gasteiger partial charge in [0.2, 0.25) is 5.82 Å². The molecule has 0 saturated carbocycles. The molecule has 0 aliphatic heterocycles. The fourth-order valence-corrected chi connectivity index (χ4v) is 1.73. The van der Waals surface area contributed by atoms with Crippen molar-refractivity contribution < 1.29 is 4.74 Å². The molecule has 1 aromatic heterocycles. The molecule has 0 radical (unpaired) electrons. The van der Waals surface area contributed by atoms with Gasteiger partial charge in [-0.05, 0) is 42.3 Å². The number of nitrogens with two attached hydrogens (primary N) is 1. The summed E-state index contributed by atoms with van der Waals surface area (Å²) in [5.41, 5.74) is 8.50. The van der Waals surface area contributed by atoms with Crippen molar-refractivity contribution in [2.24, 2.45) is 7.05 Å². The average Bonchev–Trinajstić information content (AvgIpc) is 2.62. The van der Waals surface area contributed by atoms with Gasteiger partial charge in [-0.1, -0.05) is 0 Å². The van der Waals surface area contributed by atoms with Crippen LogP contribution < -0.4 is 10.5 Å². The SMILES string of the molecule is Cc1cc(N)cc(C)c1OCc1nnn(C)n1. The lowest BCUT2D eigenvalue weighted by molar-refractivity contribution is 0.291. The molecular formula is C11H15N5O. The standard InChI is InChI=1S/C11H15N5O/c1-7-4-9(12)5-8(2)11(7)17-6-10-13-15-16(3)14-10/h4-5H,6,12H2,1-3H3. The minimum Gasteiger partial charge on any atom is -0.485 e. The van der Waals surface area contributed by atoms with E-state index in [-0.39, 0.29) is 0 Å². The zero-order chi connectivity index (χ0) is 12.4. The Labute approximate surface area is 99.4 Å². The van der Waals surface area contributed by atoms with Gasteiger partial charge in [0.25, 0.3) is 0 Å². The molecule has 17 heavy (non-hydrogen) atoms. The van der Waals surface area contributed by atoms with Crippen molar-refractivity contribution in [1.82, 2.24) is 20.2 Å². The topological polar surface area (TPSA) is 78.9 Å². The molecule has 0 fully saturated rings. The summed E-state index contributed by atoms with van der Waals surface area (Å²) in [7, 11) is 1.72. The summed E-state index contributed by atoms with van der Waals surface area (Å²) < 4.78 is 5.69. The first-order chi connectivity index (χ1) is 8.06. The Morgan fingerprint density at radius 2 is 1.94 bits per heavy atom. The maximum absolute atomic E-state index is 5.75. The predicted octanol–water partition coefficient (Wildman–Crippen LogP) is 0.988. The van der Waals surface area contributed by atoms with Gasteiger partial charge >= 0.3 is 0 Å². The molecule has 0 saturated heterocycles. The van der Waals surface area contributed by atoms with E-state index in [1.807, 2.05) is 26.0 Å². The Morgan fingerprint density at radius 3 is 2.47 bits per heavy atom. The van der Waals surface area contributed by atoms with Crippen LogP contribution in [0.15, 0.2) is 12.1 Å². The van der Waals surface area contributed by atoms with Crippen LogP contribution in [0.1, 0.15) is 17.0 Å². The van der Waals surface area contributed by atoms with Crippen LogP contribution in [0.25, 0.3) is 0 Å². The quantitative estimate of drug-likeness (QED) is 0.800. The van der Waals surface area contributed by atoms with Gasteiger partial charge in [0.15, 0.2) is 6.61 Å². The second-order valence-electron chi connectivity index (χ2n) is 3.97. The van der Waals surface area contributed by atoms with Crippen LogP contribution in [-0.4, -0.2) is 20.2 Å². The highest BCUT2D eigenvalue weighted by Gasteiger charge is 2.07. The van der Waals surface area contributed by atoms with Gasteiger partial charge in [0.05, 0.1) is 7.05 Å². The molecule has 0 aliphatic carbocycles. The molecule has 0 spiro atoms. The lowest BCUT2D eigenvalue weighted by Gasteiger charge is -2.11. The molecule has 6 nitrogen and oxygen atoms in total. The number of tetrazole rings is 1. The van der Waals surface area contributed by atoms with Crippen LogP contribution >= 0.6 is 0 Å². The molecule has 2 rings (SSSR count). The lowest BCUT2D eigenvalue weighted by atomic mass is 10.1. The molecule has 90 valence electrons. The summed E-state index contributed by atoms with van der Waals surface area (Å²) in [4.78, 5) is 1.40. The van der Waals surface area contributed by atoms with Crippen LogP contribution in [0.5, 0.6) is 5.75 Å². The number of rotatable bonds is 3. The number of aromatic nitrogens is 4. The molecule has 0 amide bonds. The summed E-state index contributed by atoms with van der Waals surface area (Å²) in [6.45, 7) is 4.23. The molecular weight excluding hydrogens is 218 g/mol. The zero-order valence-corrected chi connectivity index (χ0v) is 10.1. The normalized spacial score (nSPS) is 10.5. The fraction of sp³-hybridized carbons (Fsp3) is 0.364.